The van der Waals surface area contributed by atoms with Crippen LogP contribution in [0.3, 0.4) is 0 Å². The fraction of sp³-hybridized carbons (Fsp3) is 0.190. The van der Waals surface area contributed by atoms with Gasteiger partial charge >= 0.3 is 11.8 Å². The summed E-state index contributed by atoms with van der Waals surface area (Å²) in [5, 5.41) is 12.0. The third kappa shape index (κ3) is 4.11. The summed E-state index contributed by atoms with van der Waals surface area (Å²) >= 11 is 0. The van der Waals surface area contributed by atoms with Crippen LogP contribution < -0.4 is 15.4 Å². The minimum absolute atomic E-state index is 0.395. The van der Waals surface area contributed by atoms with Gasteiger partial charge in [-0.2, -0.15) is 5.10 Å². The first-order valence-electron chi connectivity index (χ1n) is 9.24. The maximum Gasteiger partial charge on any atom is 0.313 e. The van der Waals surface area contributed by atoms with Crippen LogP contribution in [0.15, 0.2) is 54.7 Å². The molecule has 3 N–H and O–H groups in total. The maximum atomic E-state index is 13.7. The molecule has 2 aromatic carbocycles. The van der Waals surface area contributed by atoms with Gasteiger partial charge in [-0.05, 0) is 31.0 Å². The smallest absolute Gasteiger partial charge is 0.313 e. The lowest BCUT2D eigenvalue weighted by molar-refractivity contribution is -0.136. The number of aromatic nitrogens is 2. The SMILES string of the molecule is O=C(Nc1cn[nH]c1-c1ccccc1)C(=O)NC1CCCOc2ccc(F)cc21. The van der Waals surface area contributed by atoms with Gasteiger partial charge < -0.3 is 15.4 Å². The molecule has 4 rings (SSSR count). The molecule has 0 fully saturated rings. The monoisotopic (exact) mass is 394 g/mol. The lowest BCUT2D eigenvalue weighted by Gasteiger charge is -2.18. The number of halogens is 1. The number of hydrogen-bond acceptors (Lipinski definition) is 4. The van der Waals surface area contributed by atoms with Crippen LogP contribution in [0.4, 0.5) is 10.1 Å². The van der Waals surface area contributed by atoms with Crippen molar-refractivity contribution in [3.8, 4) is 17.0 Å². The average molecular weight is 394 g/mol. The number of carbonyl (C=O) groups excluding carboxylic acids is 2. The second kappa shape index (κ2) is 8.14. The summed E-state index contributed by atoms with van der Waals surface area (Å²) in [6.45, 7) is 0.465. The summed E-state index contributed by atoms with van der Waals surface area (Å²) in [4.78, 5) is 25.0. The summed E-state index contributed by atoms with van der Waals surface area (Å²) in [6, 6.07) is 13.0. The van der Waals surface area contributed by atoms with E-state index in [9.17, 15) is 14.0 Å². The zero-order valence-corrected chi connectivity index (χ0v) is 15.4. The largest absolute Gasteiger partial charge is 0.493 e. The number of hydrogen-bond donors (Lipinski definition) is 3. The molecule has 1 atom stereocenters. The van der Waals surface area contributed by atoms with Crippen molar-refractivity contribution in [2.24, 2.45) is 0 Å². The summed E-state index contributed by atoms with van der Waals surface area (Å²) in [7, 11) is 0. The molecule has 1 aromatic heterocycles. The minimum atomic E-state index is -0.827. The maximum absolute atomic E-state index is 13.7. The molecule has 0 aliphatic carbocycles. The number of rotatable bonds is 3. The van der Waals surface area contributed by atoms with Crippen LogP contribution in [0.5, 0.6) is 5.75 Å². The number of aromatic amines is 1. The Morgan fingerprint density at radius 3 is 2.79 bits per heavy atom. The van der Waals surface area contributed by atoms with E-state index in [1.165, 1.54) is 24.4 Å². The zero-order valence-electron chi connectivity index (χ0n) is 15.4. The van der Waals surface area contributed by atoms with Crippen LogP contribution in [0.1, 0.15) is 24.4 Å². The highest BCUT2D eigenvalue weighted by Crippen LogP contribution is 2.32. The Bertz CT molecular complexity index is 1040. The third-order valence-electron chi connectivity index (χ3n) is 4.70. The molecule has 8 heteroatoms. The molecule has 148 valence electrons. The van der Waals surface area contributed by atoms with E-state index in [0.29, 0.717) is 42.1 Å². The molecule has 1 aliphatic rings. The van der Waals surface area contributed by atoms with Crippen LogP contribution in [-0.4, -0.2) is 28.6 Å². The lowest BCUT2D eigenvalue weighted by atomic mass is 10.0. The van der Waals surface area contributed by atoms with Gasteiger partial charge in [-0.15, -0.1) is 0 Å². The van der Waals surface area contributed by atoms with Crippen molar-refractivity contribution in [3.63, 3.8) is 0 Å². The van der Waals surface area contributed by atoms with E-state index in [1.54, 1.807) is 0 Å². The van der Waals surface area contributed by atoms with E-state index in [2.05, 4.69) is 20.8 Å². The van der Waals surface area contributed by atoms with Crippen molar-refractivity contribution in [1.29, 1.82) is 0 Å². The molecule has 0 radical (unpaired) electrons. The Kier molecular flexibility index (Phi) is 5.24. The van der Waals surface area contributed by atoms with Crippen LogP contribution >= 0.6 is 0 Å². The summed E-state index contributed by atoms with van der Waals surface area (Å²) in [5.74, 6) is -1.56. The first kappa shape index (κ1) is 18.7. The quantitative estimate of drug-likeness (QED) is 0.595. The van der Waals surface area contributed by atoms with Crippen LogP contribution in [0, 0.1) is 5.82 Å². The van der Waals surface area contributed by atoms with Gasteiger partial charge in [0, 0.05) is 11.1 Å². The van der Waals surface area contributed by atoms with Crippen LogP contribution in [0.2, 0.25) is 0 Å². The predicted molar refractivity (Wildman–Crippen MR) is 105 cm³/mol. The highest BCUT2D eigenvalue weighted by atomic mass is 19.1. The molecule has 7 nitrogen and oxygen atoms in total. The average Bonchev–Trinajstić information content (AvgIpc) is 3.10. The third-order valence-corrected chi connectivity index (χ3v) is 4.70. The molecule has 0 saturated carbocycles. The Morgan fingerprint density at radius 1 is 1.14 bits per heavy atom. The van der Waals surface area contributed by atoms with Crippen molar-refractivity contribution < 1.29 is 18.7 Å². The van der Waals surface area contributed by atoms with Gasteiger partial charge in [0.15, 0.2) is 0 Å². The van der Waals surface area contributed by atoms with E-state index >= 15 is 0 Å². The Balaban J connectivity index is 1.48. The van der Waals surface area contributed by atoms with E-state index in [0.717, 1.165) is 5.56 Å². The molecule has 29 heavy (non-hydrogen) atoms. The predicted octanol–water partition coefficient (Wildman–Crippen LogP) is 3.18. The molecule has 1 aliphatic heterocycles. The van der Waals surface area contributed by atoms with Crippen molar-refractivity contribution >= 4 is 17.5 Å². The molecule has 2 heterocycles. The van der Waals surface area contributed by atoms with Crippen molar-refractivity contribution in [2.75, 3.05) is 11.9 Å². The Hall–Kier alpha value is -3.68. The van der Waals surface area contributed by atoms with E-state index in [4.69, 9.17) is 4.74 Å². The second-order valence-corrected chi connectivity index (χ2v) is 6.68. The number of nitrogens with one attached hydrogen (secondary N) is 3. The molecule has 0 spiro atoms. The number of fused-ring (bicyclic) bond motifs is 1. The van der Waals surface area contributed by atoms with Crippen LogP contribution in [0.25, 0.3) is 11.3 Å². The second-order valence-electron chi connectivity index (χ2n) is 6.68. The van der Waals surface area contributed by atoms with Gasteiger partial charge in [-0.1, -0.05) is 30.3 Å². The molecular weight excluding hydrogens is 375 g/mol. The molecule has 0 saturated heterocycles. The molecule has 3 aromatic rings. The van der Waals surface area contributed by atoms with Gasteiger partial charge in [0.05, 0.1) is 30.2 Å². The molecule has 2 amide bonds. The first-order chi connectivity index (χ1) is 14.1. The summed E-state index contributed by atoms with van der Waals surface area (Å²) in [6.07, 6.45) is 2.65. The summed E-state index contributed by atoms with van der Waals surface area (Å²) in [5.41, 5.74) is 2.34. The van der Waals surface area contributed by atoms with E-state index in [1.807, 2.05) is 30.3 Å². The van der Waals surface area contributed by atoms with E-state index < -0.39 is 23.7 Å². The number of carbonyl (C=O) groups is 2. The number of ether oxygens (including phenoxy) is 1. The number of anilines is 1. The number of amides is 2. The number of H-pyrrole nitrogens is 1. The molecule has 1 unspecified atom stereocenters. The van der Waals surface area contributed by atoms with Gasteiger partial charge in [-0.3, -0.25) is 14.7 Å². The molecule has 0 bridgehead atoms. The van der Waals surface area contributed by atoms with Crippen LogP contribution in [-0.2, 0) is 9.59 Å². The normalized spacial score (nSPS) is 15.6. The summed E-state index contributed by atoms with van der Waals surface area (Å²) < 4.78 is 19.3. The van der Waals surface area contributed by atoms with Crippen molar-refractivity contribution in [3.05, 3.63) is 66.1 Å². The van der Waals surface area contributed by atoms with Crippen molar-refractivity contribution in [2.45, 2.75) is 18.9 Å². The van der Waals surface area contributed by atoms with Gasteiger partial charge in [-0.25, -0.2) is 4.39 Å². The van der Waals surface area contributed by atoms with Gasteiger partial charge in [0.25, 0.3) is 0 Å². The lowest BCUT2D eigenvalue weighted by Crippen LogP contribution is -2.37. The minimum Gasteiger partial charge on any atom is -0.493 e. The molecular formula is C21H19FN4O3. The first-order valence-corrected chi connectivity index (χ1v) is 9.24. The van der Waals surface area contributed by atoms with Gasteiger partial charge in [0.1, 0.15) is 11.6 Å². The fourth-order valence-corrected chi connectivity index (χ4v) is 3.31. The highest BCUT2D eigenvalue weighted by Gasteiger charge is 2.25. The number of nitrogens with zero attached hydrogens (tertiary/aromatic N) is 1. The van der Waals surface area contributed by atoms with Gasteiger partial charge in [0.2, 0.25) is 0 Å². The number of benzene rings is 2. The Labute approximate surface area is 166 Å². The highest BCUT2D eigenvalue weighted by molar-refractivity contribution is 6.40. The Morgan fingerprint density at radius 2 is 1.97 bits per heavy atom. The zero-order chi connectivity index (χ0) is 20.2. The van der Waals surface area contributed by atoms with E-state index in [-0.39, 0.29) is 0 Å². The topological polar surface area (TPSA) is 96.1 Å². The fourth-order valence-electron chi connectivity index (χ4n) is 3.31. The van der Waals surface area contributed by atoms with Crippen molar-refractivity contribution in [1.82, 2.24) is 15.5 Å². The standard InChI is InChI=1S/C21H19FN4O3/c22-14-8-9-18-15(11-14)16(7-4-10-29-18)24-20(27)21(28)25-17-12-23-26-19(17)13-5-2-1-3-6-13/h1-3,5-6,8-9,11-12,16H,4,7,10H2,(H,23,26)(H,24,27)(H,25,28).